The van der Waals surface area contributed by atoms with Crippen LogP contribution < -0.4 is 5.56 Å². The number of nitrogens with zero attached hydrogens (tertiary/aromatic N) is 3. The Labute approximate surface area is 157 Å². The lowest BCUT2D eigenvalue weighted by Gasteiger charge is -2.06. The fourth-order valence-electron chi connectivity index (χ4n) is 3.09. The van der Waals surface area contributed by atoms with Crippen LogP contribution in [-0.4, -0.2) is 14.5 Å². The lowest BCUT2D eigenvalue weighted by Crippen LogP contribution is -2.20. The normalized spacial score (nSPS) is 14.8. The number of halogens is 2. The molecule has 0 fully saturated rings. The van der Waals surface area contributed by atoms with E-state index in [-0.39, 0.29) is 16.3 Å². The lowest BCUT2D eigenvalue weighted by molar-refractivity contribution is -0.384. The molecule has 2 aromatic carbocycles. The molecule has 0 unspecified atom stereocenters. The Balaban J connectivity index is 1.87. The van der Waals surface area contributed by atoms with E-state index in [0.29, 0.717) is 40.3 Å². The molecule has 0 amide bonds. The summed E-state index contributed by atoms with van der Waals surface area (Å²) in [5.74, 6) is 0.558. The fourth-order valence-corrected chi connectivity index (χ4v) is 3.44. The van der Waals surface area contributed by atoms with Crippen molar-refractivity contribution in [1.29, 1.82) is 0 Å². The number of hydrogen-bond donors (Lipinski definition) is 0. The van der Waals surface area contributed by atoms with E-state index >= 15 is 0 Å². The zero-order valence-electron chi connectivity index (χ0n) is 13.3. The van der Waals surface area contributed by atoms with Crippen LogP contribution in [0.5, 0.6) is 0 Å². The van der Waals surface area contributed by atoms with E-state index in [0.717, 1.165) is 5.57 Å². The Kier molecular flexibility index (Phi) is 4.01. The van der Waals surface area contributed by atoms with Crippen molar-refractivity contribution in [3.05, 3.63) is 78.3 Å². The van der Waals surface area contributed by atoms with Crippen LogP contribution >= 0.6 is 23.2 Å². The fraction of sp³-hybridized carbons (Fsp3) is 0.111. The van der Waals surface area contributed by atoms with E-state index in [1.54, 1.807) is 34.9 Å². The van der Waals surface area contributed by atoms with Crippen molar-refractivity contribution in [2.75, 3.05) is 0 Å². The first-order valence-electron chi connectivity index (χ1n) is 7.79. The molecule has 0 saturated heterocycles. The van der Waals surface area contributed by atoms with Crippen LogP contribution in [0.1, 0.15) is 17.8 Å². The first-order valence-corrected chi connectivity index (χ1v) is 8.54. The molecular formula is C18H11Cl2N3O3. The van der Waals surface area contributed by atoms with Crippen LogP contribution in [0.4, 0.5) is 5.69 Å². The number of aromatic nitrogens is 2. The van der Waals surface area contributed by atoms with Crippen molar-refractivity contribution in [3.8, 4) is 0 Å². The average molecular weight is 388 g/mol. The molecular weight excluding hydrogens is 377 g/mol. The largest absolute Gasteiger partial charge is 0.292 e. The molecule has 1 aromatic heterocycles. The summed E-state index contributed by atoms with van der Waals surface area (Å²) in [6, 6.07) is 9.59. The quantitative estimate of drug-likeness (QED) is 0.477. The molecule has 0 atom stereocenters. The molecule has 130 valence electrons. The third-order valence-corrected chi connectivity index (χ3v) is 4.87. The standard InChI is InChI=1S/C18H11Cl2N3O3/c19-12-2-3-13-15(9-12)21-17-11(5-6-22(17)18(13)24)7-10-1-4-14(20)16(8-10)23(25)26/h1-4,7-9H,5-6H2/b11-7+. The van der Waals surface area contributed by atoms with Gasteiger partial charge in [-0.15, -0.1) is 0 Å². The Bertz CT molecular complexity index is 1170. The van der Waals surface area contributed by atoms with E-state index in [2.05, 4.69) is 4.98 Å². The van der Waals surface area contributed by atoms with Gasteiger partial charge < -0.3 is 0 Å². The summed E-state index contributed by atoms with van der Waals surface area (Å²) in [7, 11) is 0. The number of allylic oxidation sites excluding steroid dienone is 1. The number of rotatable bonds is 2. The molecule has 2 heterocycles. The molecule has 6 nitrogen and oxygen atoms in total. The average Bonchev–Trinajstić information content (AvgIpc) is 2.99. The second-order valence-electron chi connectivity index (χ2n) is 5.94. The number of nitro groups is 1. The molecule has 0 radical (unpaired) electrons. The lowest BCUT2D eigenvalue weighted by atomic mass is 10.1. The zero-order chi connectivity index (χ0) is 18.4. The van der Waals surface area contributed by atoms with E-state index in [4.69, 9.17) is 23.2 Å². The van der Waals surface area contributed by atoms with Gasteiger partial charge in [0.15, 0.2) is 0 Å². The van der Waals surface area contributed by atoms with E-state index in [1.165, 1.54) is 12.1 Å². The minimum absolute atomic E-state index is 0.0824. The smallest absolute Gasteiger partial charge is 0.288 e. The summed E-state index contributed by atoms with van der Waals surface area (Å²) in [5, 5.41) is 12.2. The highest BCUT2D eigenvalue weighted by Gasteiger charge is 2.21. The SMILES string of the molecule is O=c1c2ccc(Cl)cc2nc2n1CC/C2=C\c1ccc(Cl)c([N+](=O)[O-])c1. The number of fused-ring (bicyclic) bond motifs is 2. The molecule has 3 aromatic rings. The van der Waals surface area contributed by atoms with Crippen LogP contribution in [0.3, 0.4) is 0 Å². The number of benzene rings is 2. The topological polar surface area (TPSA) is 78.0 Å². The predicted octanol–water partition coefficient (Wildman–Crippen LogP) is 4.56. The minimum Gasteiger partial charge on any atom is -0.292 e. The van der Waals surface area contributed by atoms with Crippen LogP contribution in [0.15, 0.2) is 41.2 Å². The summed E-state index contributed by atoms with van der Waals surface area (Å²) in [4.78, 5) is 27.8. The summed E-state index contributed by atoms with van der Waals surface area (Å²) in [6.07, 6.45) is 2.41. The highest BCUT2D eigenvalue weighted by atomic mass is 35.5. The summed E-state index contributed by atoms with van der Waals surface area (Å²) in [5.41, 5.74) is 1.72. The Morgan fingerprint density at radius 3 is 2.77 bits per heavy atom. The molecule has 4 rings (SSSR count). The van der Waals surface area contributed by atoms with Gasteiger partial charge in [0.2, 0.25) is 0 Å². The van der Waals surface area contributed by atoms with Crippen molar-refractivity contribution >= 4 is 51.4 Å². The van der Waals surface area contributed by atoms with Crippen LogP contribution in [-0.2, 0) is 6.54 Å². The molecule has 8 heteroatoms. The maximum atomic E-state index is 12.7. The summed E-state index contributed by atoms with van der Waals surface area (Å²) < 4.78 is 1.62. The van der Waals surface area contributed by atoms with Gasteiger partial charge in [-0.2, -0.15) is 0 Å². The maximum absolute atomic E-state index is 12.7. The van der Waals surface area contributed by atoms with Crippen molar-refractivity contribution in [2.24, 2.45) is 0 Å². The summed E-state index contributed by atoms with van der Waals surface area (Å²) >= 11 is 11.9. The number of nitro benzene ring substituents is 1. The molecule has 0 saturated carbocycles. The molecule has 0 N–H and O–H groups in total. The highest BCUT2D eigenvalue weighted by molar-refractivity contribution is 6.32. The van der Waals surface area contributed by atoms with Gasteiger partial charge >= 0.3 is 0 Å². The van der Waals surface area contributed by atoms with E-state index in [9.17, 15) is 14.9 Å². The van der Waals surface area contributed by atoms with E-state index in [1.807, 2.05) is 0 Å². The van der Waals surface area contributed by atoms with Gasteiger partial charge in [0, 0.05) is 17.6 Å². The van der Waals surface area contributed by atoms with Crippen molar-refractivity contribution in [2.45, 2.75) is 13.0 Å². The summed E-state index contributed by atoms with van der Waals surface area (Å²) in [6.45, 7) is 0.515. The highest BCUT2D eigenvalue weighted by Crippen LogP contribution is 2.31. The van der Waals surface area contributed by atoms with Crippen LogP contribution in [0, 0.1) is 10.1 Å². The van der Waals surface area contributed by atoms with E-state index < -0.39 is 4.92 Å². The first-order chi connectivity index (χ1) is 12.4. The third-order valence-electron chi connectivity index (χ3n) is 4.32. The Morgan fingerprint density at radius 1 is 1.19 bits per heavy atom. The second kappa shape index (κ2) is 6.23. The molecule has 1 aliphatic heterocycles. The zero-order valence-corrected chi connectivity index (χ0v) is 14.8. The van der Waals surface area contributed by atoms with Gasteiger partial charge in [-0.05, 0) is 47.9 Å². The third kappa shape index (κ3) is 2.77. The van der Waals surface area contributed by atoms with Crippen LogP contribution in [0.25, 0.3) is 22.6 Å². The maximum Gasteiger partial charge on any atom is 0.288 e. The van der Waals surface area contributed by atoms with Gasteiger partial charge in [-0.1, -0.05) is 29.3 Å². The van der Waals surface area contributed by atoms with Crippen molar-refractivity contribution < 1.29 is 4.92 Å². The molecule has 0 bridgehead atoms. The monoisotopic (exact) mass is 387 g/mol. The van der Waals surface area contributed by atoms with Gasteiger partial charge in [0.25, 0.3) is 11.2 Å². The Morgan fingerprint density at radius 2 is 2.00 bits per heavy atom. The molecule has 0 spiro atoms. The molecule has 1 aliphatic rings. The van der Waals surface area contributed by atoms with Crippen molar-refractivity contribution in [1.82, 2.24) is 9.55 Å². The van der Waals surface area contributed by atoms with Crippen molar-refractivity contribution in [3.63, 3.8) is 0 Å². The molecule has 26 heavy (non-hydrogen) atoms. The molecule has 0 aliphatic carbocycles. The predicted molar refractivity (Wildman–Crippen MR) is 102 cm³/mol. The van der Waals surface area contributed by atoms with Gasteiger partial charge in [-0.25, -0.2) is 4.98 Å². The first kappa shape index (κ1) is 16.8. The van der Waals surface area contributed by atoms with Gasteiger partial charge in [-0.3, -0.25) is 19.5 Å². The van der Waals surface area contributed by atoms with Gasteiger partial charge in [0.1, 0.15) is 10.8 Å². The Hall–Kier alpha value is -2.70. The minimum atomic E-state index is -0.523. The van der Waals surface area contributed by atoms with Crippen LogP contribution in [0.2, 0.25) is 10.0 Å². The second-order valence-corrected chi connectivity index (χ2v) is 6.78. The van der Waals surface area contributed by atoms with Gasteiger partial charge in [0.05, 0.1) is 15.8 Å². The number of hydrogen-bond acceptors (Lipinski definition) is 4.